The second kappa shape index (κ2) is 9.29. The van der Waals surface area contributed by atoms with Crippen LogP contribution in [0.5, 0.6) is 0 Å². The van der Waals surface area contributed by atoms with Crippen LogP contribution in [-0.2, 0) is 26.0 Å². The van der Waals surface area contributed by atoms with Gasteiger partial charge in [0, 0.05) is 20.4 Å². The molecule has 0 spiro atoms. The Balaban J connectivity index is 2.04. The molecule has 0 fully saturated rings. The summed E-state index contributed by atoms with van der Waals surface area (Å²) in [7, 11) is 3.29. The Hall–Kier alpha value is -1.64. The van der Waals surface area contributed by atoms with Crippen LogP contribution in [0.4, 0.5) is 5.69 Å². The second-order valence-corrected chi connectivity index (χ2v) is 3.96. The lowest BCUT2D eigenvalue weighted by Crippen LogP contribution is -2.15. The first kappa shape index (κ1) is 16.4. The molecule has 8 heteroatoms. The van der Waals surface area contributed by atoms with Gasteiger partial charge in [0.05, 0.1) is 38.7 Å². The monoisotopic (exact) mass is 287 g/mol. The van der Waals surface area contributed by atoms with Gasteiger partial charge in [-0.3, -0.25) is 4.68 Å². The summed E-state index contributed by atoms with van der Waals surface area (Å²) in [6.45, 7) is 2.45. The number of nitrogens with zero attached hydrogens (tertiary/aromatic N) is 2. The van der Waals surface area contributed by atoms with Crippen molar-refractivity contribution in [2.24, 2.45) is 7.05 Å². The standard InChI is InChI=1S/C12H21N3O5/c1-15-9-10(13)11(14-15)12(16)20-8-7-19-6-5-18-4-3-17-2/h9H,3-8,13H2,1-2H3. The fourth-order valence-electron chi connectivity index (χ4n) is 1.39. The van der Waals surface area contributed by atoms with E-state index in [2.05, 4.69) is 5.10 Å². The van der Waals surface area contributed by atoms with Gasteiger partial charge in [-0.15, -0.1) is 0 Å². The van der Waals surface area contributed by atoms with Crippen LogP contribution in [0.2, 0.25) is 0 Å². The van der Waals surface area contributed by atoms with Gasteiger partial charge in [0.2, 0.25) is 0 Å². The Bertz CT molecular complexity index is 408. The fraction of sp³-hybridized carbons (Fsp3) is 0.667. The molecule has 0 aliphatic rings. The van der Waals surface area contributed by atoms with Crippen molar-refractivity contribution in [3.05, 3.63) is 11.9 Å². The summed E-state index contributed by atoms with van der Waals surface area (Å²) in [5.41, 5.74) is 6.03. The normalized spacial score (nSPS) is 10.7. The van der Waals surface area contributed by atoms with Crippen molar-refractivity contribution in [3.8, 4) is 0 Å². The lowest BCUT2D eigenvalue weighted by Gasteiger charge is -2.06. The number of ether oxygens (including phenoxy) is 4. The van der Waals surface area contributed by atoms with E-state index in [4.69, 9.17) is 24.7 Å². The molecule has 0 amide bonds. The molecule has 1 rings (SSSR count). The summed E-state index contributed by atoms with van der Waals surface area (Å²) in [5, 5.41) is 3.91. The molecule has 20 heavy (non-hydrogen) atoms. The number of rotatable bonds is 10. The van der Waals surface area contributed by atoms with Gasteiger partial charge in [-0.05, 0) is 0 Å². The minimum Gasteiger partial charge on any atom is -0.458 e. The van der Waals surface area contributed by atoms with E-state index in [1.165, 1.54) is 4.68 Å². The van der Waals surface area contributed by atoms with E-state index in [1.807, 2.05) is 0 Å². The number of hydrogen-bond acceptors (Lipinski definition) is 7. The van der Waals surface area contributed by atoms with Gasteiger partial charge < -0.3 is 24.7 Å². The Kier molecular flexibility index (Phi) is 7.63. The summed E-state index contributed by atoms with van der Waals surface area (Å²) in [4.78, 5) is 11.6. The predicted molar refractivity (Wildman–Crippen MR) is 71.4 cm³/mol. The molecule has 0 aliphatic carbocycles. The molecule has 0 atom stereocenters. The van der Waals surface area contributed by atoms with Crippen LogP contribution < -0.4 is 5.73 Å². The molecule has 0 bridgehead atoms. The summed E-state index contributed by atoms with van der Waals surface area (Å²) < 4.78 is 21.7. The molecule has 2 N–H and O–H groups in total. The smallest absolute Gasteiger partial charge is 0.361 e. The first-order valence-electron chi connectivity index (χ1n) is 6.25. The molecule has 0 saturated carbocycles. The average molecular weight is 287 g/mol. The van der Waals surface area contributed by atoms with Crippen molar-refractivity contribution in [2.45, 2.75) is 0 Å². The number of carbonyl (C=O) groups is 1. The Morgan fingerprint density at radius 1 is 1.20 bits per heavy atom. The van der Waals surface area contributed by atoms with Gasteiger partial charge in [-0.25, -0.2) is 4.79 Å². The van der Waals surface area contributed by atoms with Gasteiger partial charge in [0.15, 0.2) is 5.69 Å². The van der Waals surface area contributed by atoms with Crippen molar-refractivity contribution < 1.29 is 23.7 Å². The van der Waals surface area contributed by atoms with Crippen LogP contribution in [0.1, 0.15) is 10.5 Å². The van der Waals surface area contributed by atoms with E-state index in [9.17, 15) is 4.79 Å². The van der Waals surface area contributed by atoms with E-state index in [1.54, 1.807) is 20.4 Å². The first-order chi connectivity index (χ1) is 9.65. The van der Waals surface area contributed by atoms with E-state index in [-0.39, 0.29) is 12.3 Å². The van der Waals surface area contributed by atoms with Gasteiger partial charge in [0.1, 0.15) is 6.61 Å². The highest BCUT2D eigenvalue weighted by Gasteiger charge is 2.15. The Morgan fingerprint density at radius 3 is 2.35 bits per heavy atom. The Morgan fingerprint density at radius 2 is 1.80 bits per heavy atom. The zero-order valence-corrected chi connectivity index (χ0v) is 11.8. The van der Waals surface area contributed by atoms with Crippen molar-refractivity contribution >= 4 is 11.7 Å². The molecule has 114 valence electrons. The number of anilines is 1. The third-order valence-corrected chi connectivity index (χ3v) is 2.32. The summed E-state index contributed by atoms with van der Waals surface area (Å²) >= 11 is 0. The van der Waals surface area contributed by atoms with E-state index in [0.29, 0.717) is 38.7 Å². The highest BCUT2D eigenvalue weighted by molar-refractivity contribution is 5.92. The van der Waals surface area contributed by atoms with E-state index in [0.717, 1.165) is 0 Å². The lowest BCUT2D eigenvalue weighted by atomic mass is 10.4. The largest absolute Gasteiger partial charge is 0.458 e. The zero-order valence-electron chi connectivity index (χ0n) is 11.8. The topological polar surface area (TPSA) is 97.8 Å². The van der Waals surface area contributed by atoms with Crippen LogP contribution in [0.25, 0.3) is 0 Å². The van der Waals surface area contributed by atoms with E-state index < -0.39 is 5.97 Å². The maximum absolute atomic E-state index is 11.6. The number of nitrogens with two attached hydrogens (primary N) is 1. The maximum Gasteiger partial charge on any atom is 0.361 e. The average Bonchev–Trinajstić information content (AvgIpc) is 2.75. The minimum absolute atomic E-state index is 0.121. The maximum atomic E-state index is 11.6. The number of nitrogen functional groups attached to an aromatic ring is 1. The number of esters is 1. The number of aryl methyl sites for hydroxylation is 1. The molecule has 1 aromatic heterocycles. The zero-order chi connectivity index (χ0) is 14.8. The summed E-state index contributed by atoms with van der Waals surface area (Å²) in [5.74, 6) is -0.553. The fourth-order valence-corrected chi connectivity index (χ4v) is 1.39. The number of carbonyl (C=O) groups excluding carboxylic acids is 1. The molecule has 1 heterocycles. The van der Waals surface area contributed by atoms with Crippen LogP contribution >= 0.6 is 0 Å². The minimum atomic E-state index is -0.553. The summed E-state index contributed by atoms with van der Waals surface area (Å²) in [6, 6.07) is 0. The van der Waals surface area contributed by atoms with Crippen LogP contribution in [-0.4, -0.2) is 62.5 Å². The summed E-state index contributed by atoms with van der Waals surface area (Å²) in [6.07, 6.45) is 1.55. The van der Waals surface area contributed by atoms with Crippen molar-refractivity contribution in [2.75, 3.05) is 52.5 Å². The van der Waals surface area contributed by atoms with Crippen LogP contribution in [0.15, 0.2) is 6.20 Å². The quantitative estimate of drug-likeness (QED) is 0.471. The SMILES string of the molecule is COCCOCCOCCOC(=O)c1nn(C)cc1N. The number of methoxy groups -OCH3 is 1. The predicted octanol–water partition coefficient (Wildman–Crippen LogP) is -0.161. The molecule has 0 saturated heterocycles. The molecule has 0 radical (unpaired) electrons. The molecule has 8 nitrogen and oxygen atoms in total. The van der Waals surface area contributed by atoms with Crippen molar-refractivity contribution in [3.63, 3.8) is 0 Å². The molecule has 0 unspecified atom stereocenters. The molecular formula is C12H21N3O5. The third kappa shape index (κ3) is 6.00. The molecule has 0 aliphatic heterocycles. The van der Waals surface area contributed by atoms with Gasteiger partial charge in [-0.2, -0.15) is 5.10 Å². The van der Waals surface area contributed by atoms with Crippen molar-refractivity contribution in [1.29, 1.82) is 0 Å². The van der Waals surface area contributed by atoms with E-state index >= 15 is 0 Å². The van der Waals surface area contributed by atoms with Crippen LogP contribution in [0, 0.1) is 0 Å². The number of hydrogen-bond donors (Lipinski definition) is 1. The third-order valence-electron chi connectivity index (χ3n) is 2.32. The highest BCUT2D eigenvalue weighted by atomic mass is 16.6. The molecule has 0 aromatic carbocycles. The second-order valence-electron chi connectivity index (χ2n) is 3.96. The Labute approximate surface area is 117 Å². The van der Waals surface area contributed by atoms with Gasteiger partial charge in [0.25, 0.3) is 0 Å². The highest BCUT2D eigenvalue weighted by Crippen LogP contribution is 2.09. The number of aromatic nitrogens is 2. The van der Waals surface area contributed by atoms with Crippen molar-refractivity contribution in [1.82, 2.24) is 9.78 Å². The lowest BCUT2D eigenvalue weighted by molar-refractivity contribution is 0.00550. The molecule has 1 aromatic rings. The van der Waals surface area contributed by atoms with Crippen LogP contribution in [0.3, 0.4) is 0 Å². The van der Waals surface area contributed by atoms with Gasteiger partial charge in [-0.1, -0.05) is 0 Å². The first-order valence-corrected chi connectivity index (χ1v) is 6.25. The molecular weight excluding hydrogens is 266 g/mol. The van der Waals surface area contributed by atoms with Gasteiger partial charge >= 0.3 is 5.97 Å².